The van der Waals surface area contributed by atoms with Crippen LogP contribution < -0.4 is 16.0 Å². The van der Waals surface area contributed by atoms with Gasteiger partial charge in [0.1, 0.15) is 16.9 Å². The number of nitrogen functional groups attached to an aromatic ring is 1. The van der Waals surface area contributed by atoms with Crippen LogP contribution in [0.4, 0.5) is 19.6 Å². The van der Waals surface area contributed by atoms with Crippen molar-refractivity contribution in [1.29, 1.82) is 5.26 Å². The molecule has 1 unspecified atom stereocenters. The Morgan fingerprint density at radius 2 is 1.98 bits per heavy atom. The van der Waals surface area contributed by atoms with Gasteiger partial charge in [-0.15, -0.1) is 11.3 Å². The Morgan fingerprint density at radius 3 is 2.73 bits per heavy atom. The third-order valence-electron chi connectivity index (χ3n) is 11.9. The average molecular weight is 675 g/mol. The van der Waals surface area contributed by atoms with Crippen LogP contribution in [0.1, 0.15) is 91.7 Å². The molecule has 3 atom stereocenters. The molecule has 2 aliphatic heterocycles. The highest BCUT2D eigenvalue weighted by atomic mass is 32.1. The number of hydrogen-bond donors (Lipinski definition) is 2. The summed E-state index contributed by atoms with van der Waals surface area (Å²) in [5.74, 6) is -0.690. The summed E-state index contributed by atoms with van der Waals surface area (Å²) in [4.78, 5) is 16.1. The molecule has 0 radical (unpaired) electrons. The van der Waals surface area contributed by atoms with Crippen molar-refractivity contribution in [2.45, 2.75) is 100 Å². The second-order valence-electron chi connectivity index (χ2n) is 14.8. The number of nitrogens with two attached hydrogens (primary N) is 1. The molecule has 4 aromatic heterocycles. The standard InChI is InChI=1S/C34H40F2N10OS/c1-19(23-7-5-12-44(23)2)46-31-22(15-40-46)30(45-13-11-39-32(18-45)16-34(35,36)17-32)41-29(42-31)26-20-6-3-9-33(27(20)47-43-26)10-4-8-24-25(33)21(14-37)28(38)48-24/h15,19,23,39H,3-13,16-18,38H2,1-2H3/t19-,23?,33-/m0/s1. The fourth-order valence-electron chi connectivity index (χ4n) is 9.79. The molecular weight excluding hydrogens is 635 g/mol. The minimum absolute atomic E-state index is 0.0638. The van der Waals surface area contributed by atoms with E-state index in [1.54, 1.807) is 0 Å². The lowest BCUT2D eigenvalue weighted by Gasteiger charge is -2.53. The lowest BCUT2D eigenvalue weighted by atomic mass is 9.63. The van der Waals surface area contributed by atoms with Crippen LogP contribution in [0.2, 0.25) is 0 Å². The van der Waals surface area contributed by atoms with Crippen LogP contribution in [0.15, 0.2) is 10.7 Å². The van der Waals surface area contributed by atoms with Crippen LogP contribution in [-0.2, 0) is 18.3 Å². The van der Waals surface area contributed by atoms with Crippen molar-refractivity contribution in [3.05, 3.63) is 33.5 Å². The molecule has 0 aromatic carbocycles. The SMILES string of the molecule is C[C@@H](C1CCCN1C)n1ncc2c(N3CCNC4(C3)CC(F)(F)C4)nc(-c3noc4c3CCC[C@@]43CCCc4sc(N)c(C#N)c43)nc21. The summed E-state index contributed by atoms with van der Waals surface area (Å²) in [6, 6.07) is 2.78. The molecule has 1 saturated carbocycles. The van der Waals surface area contributed by atoms with Crippen LogP contribution in [0.3, 0.4) is 0 Å². The molecule has 3 fully saturated rings. The molecule has 2 saturated heterocycles. The van der Waals surface area contributed by atoms with Gasteiger partial charge in [-0.3, -0.25) is 0 Å². The number of anilines is 2. The van der Waals surface area contributed by atoms with E-state index in [2.05, 4.69) is 35.2 Å². The zero-order valence-corrected chi connectivity index (χ0v) is 28.2. The lowest BCUT2D eigenvalue weighted by molar-refractivity contribution is -0.133. The number of thiophene rings is 1. The number of aryl methyl sites for hydroxylation is 1. The van der Waals surface area contributed by atoms with Crippen molar-refractivity contribution >= 4 is 33.2 Å². The number of likely N-dealkylation sites (tertiary alicyclic amines) is 1. The summed E-state index contributed by atoms with van der Waals surface area (Å²) in [7, 11) is 2.16. The number of hydrogen-bond acceptors (Lipinski definition) is 11. The number of aromatic nitrogens is 5. The topological polar surface area (TPSA) is 138 Å². The fourth-order valence-corrected chi connectivity index (χ4v) is 11.0. The van der Waals surface area contributed by atoms with Gasteiger partial charge in [0.25, 0.3) is 5.92 Å². The molecule has 2 spiro atoms. The Morgan fingerprint density at radius 1 is 1.17 bits per heavy atom. The first kappa shape index (κ1) is 30.4. The predicted octanol–water partition coefficient (Wildman–Crippen LogP) is 5.19. The molecule has 14 heteroatoms. The first-order valence-electron chi connectivity index (χ1n) is 17.3. The highest BCUT2D eigenvalue weighted by Gasteiger charge is 2.58. The normalized spacial score (nSPS) is 26.8. The molecule has 6 heterocycles. The van der Waals surface area contributed by atoms with Gasteiger partial charge in [0, 0.05) is 54.5 Å². The molecule has 5 aliphatic rings. The third-order valence-corrected chi connectivity index (χ3v) is 13.0. The molecule has 3 N–H and O–H groups in total. The van der Waals surface area contributed by atoms with Crippen LogP contribution in [-0.4, -0.2) is 80.5 Å². The quantitative estimate of drug-likeness (QED) is 0.298. The Hall–Kier alpha value is -3.67. The van der Waals surface area contributed by atoms with E-state index < -0.39 is 16.9 Å². The molecular formula is C34H40F2N10OS. The molecule has 252 valence electrons. The van der Waals surface area contributed by atoms with Gasteiger partial charge in [-0.2, -0.15) is 10.4 Å². The highest BCUT2D eigenvalue weighted by Crippen LogP contribution is 2.55. The fraction of sp³-hybridized carbons (Fsp3) is 0.618. The minimum atomic E-state index is -2.65. The predicted molar refractivity (Wildman–Crippen MR) is 178 cm³/mol. The van der Waals surface area contributed by atoms with Gasteiger partial charge < -0.3 is 25.4 Å². The minimum Gasteiger partial charge on any atom is -0.389 e. The van der Waals surface area contributed by atoms with E-state index in [4.69, 9.17) is 30.5 Å². The Kier molecular flexibility index (Phi) is 6.75. The van der Waals surface area contributed by atoms with Crippen molar-refractivity contribution in [2.75, 3.05) is 43.9 Å². The molecule has 9 rings (SSSR count). The monoisotopic (exact) mass is 674 g/mol. The molecule has 4 aromatic rings. The van der Waals surface area contributed by atoms with Crippen molar-refractivity contribution in [3.63, 3.8) is 0 Å². The summed E-state index contributed by atoms with van der Waals surface area (Å²) in [6.45, 7) is 4.89. The maximum atomic E-state index is 14.2. The van der Waals surface area contributed by atoms with E-state index >= 15 is 0 Å². The molecule has 11 nitrogen and oxygen atoms in total. The number of fused-ring (bicyclic) bond motifs is 5. The number of nitriles is 1. The summed E-state index contributed by atoms with van der Waals surface area (Å²) in [5.41, 5.74) is 9.18. The second kappa shape index (κ2) is 10.7. The van der Waals surface area contributed by atoms with Gasteiger partial charge in [-0.05, 0) is 77.4 Å². The maximum Gasteiger partial charge on any atom is 0.251 e. The first-order valence-corrected chi connectivity index (χ1v) is 18.1. The average Bonchev–Trinajstić information content (AvgIpc) is 3.84. The van der Waals surface area contributed by atoms with Gasteiger partial charge >= 0.3 is 0 Å². The number of nitrogens with one attached hydrogen (secondary N) is 1. The summed E-state index contributed by atoms with van der Waals surface area (Å²) >= 11 is 1.53. The first-order chi connectivity index (χ1) is 23.1. The Balaban J connectivity index is 1.19. The van der Waals surface area contributed by atoms with Gasteiger partial charge in [0.15, 0.2) is 22.9 Å². The number of rotatable bonds is 4. The Bertz CT molecular complexity index is 1970. The smallest absolute Gasteiger partial charge is 0.251 e. The van der Waals surface area contributed by atoms with E-state index in [-0.39, 0.29) is 18.9 Å². The van der Waals surface area contributed by atoms with E-state index in [1.807, 2.05) is 10.9 Å². The number of nitrogens with zero attached hydrogens (tertiary/aromatic N) is 8. The van der Waals surface area contributed by atoms with Crippen molar-refractivity contribution in [3.8, 4) is 17.6 Å². The summed E-state index contributed by atoms with van der Waals surface area (Å²) in [6.07, 6.45) is 8.99. The summed E-state index contributed by atoms with van der Waals surface area (Å²) in [5, 5.41) is 24.5. The van der Waals surface area contributed by atoms with Gasteiger partial charge in [-0.25, -0.2) is 23.4 Å². The van der Waals surface area contributed by atoms with E-state index in [0.29, 0.717) is 59.2 Å². The number of alkyl halides is 2. The third kappa shape index (κ3) is 4.39. The van der Waals surface area contributed by atoms with Gasteiger partial charge in [0.2, 0.25) is 0 Å². The largest absolute Gasteiger partial charge is 0.389 e. The maximum absolute atomic E-state index is 14.2. The van der Waals surface area contributed by atoms with Crippen LogP contribution in [0.25, 0.3) is 22.6 Å². The van der Waals surface area contributed by atoms with Crippen molar-refractivity contribution in [2.24, 2.45) is 0 Å². The summed E-state index contributed by atoms with van der Waals surface area (Å²) < 4.78 is 36.7. The zero-order chi connectivity index (χ0) is 33.0. The number of halogens is 2. The number of likely N-dealkylation sites (N-methyl/N-ethyl adjacent to an activating group) is 1. The second-order valence-corrected chi connectivity index (χ2v) is 16.0. The van der Waals surface area contributed by atoms with E-state index in [9.17, 15) is 14.0 Å². The number of piperazine rings is 1. The van der Waals surface area contributed by atoms with Crippen LogP contribution in [0.5, 0.6) is 0 Å². The van der Waals surface area contributed by atoms with Crippen LogP contribution in [0, 0.1) is 11.3 Å². The Labute approximate surface area is 281 Å². The molecule has 3 aliphatic carbocycles. The van der Waals surface area contributed by atoms with E-state index in [1.165, 1.54) is 16.2 Å². The molecule has 0 amide bonds. The van der Waals surface area contributed by atoms with Crippen molar-refractivity contribution < 1.29 is 13.3 Å². The molecule has 48 heavy (non-hydrogen) atoms. The zero-order valence-electron chi connectivity index (χ0n) is 27.4. The van der Waals surface area contributed by atoms with E-state index in [0.717, 1.165) is 80.2 Å². The lowest BCUT2D eigenvalue weighted by Crippen LogP contribution is -2.70. The van der Waals surface area contributed by atoms with Crippen LogP contribution >= 0.6 is 11.3 Å². The van der Waals surface area contributed by atoms with Gasteiger partial charge in [0.05, 0.1) is 28.6 Å². The highest BCUT2D eigenvalue weighted by molar-refractivity contribution is 7.16. The van der Waals surface area contributed by atoms with Gasteiger partial charge in [-0.1, -0.05) is 5.16 Å². The molecule has 0 bridgehead atoms. The van der Waals surface area contributed by atoms with Crippen molar-refractivity contribution in [1.82, 2.24) is 35.1 Å².